The number of rotatable bonds is 6. The molecule has 1 fully saturated rings. The van der Waals surface area contributed by atoms with Crippen molar-refractivity contribution in [2.75, 3.05) is 16.8 Å². The van der Waals surface area contributed by atoms with Crippen molar-refractivity contribution in [2.45, 2.75) is 26.4 Å². The number of nitrogens with one attached hydrogen (secondary N) is 1. The van der Waals surface area contributed by atoms with Gasteiger partial charge in [-0.25, -0.2) is 0 Å². The van der Waals surface area contributed by atoms with Crippen LogP contribution in [0.5, 0.6) is 0 Å². The quantitative estimate of drug-likeness (QED) is 0.700. The van der Waals surface area contributed by atoms with Crippen molar-refractivity contribution in [3.8, 4) is 0 Å². The number of carbonyl (C=O) groups is 4. The lowest BCUT2D eigenvalue weighted by atomic mass is 10.1. The maximum atomic E-state index is 12.5. The van der Waals surface area contributed by atoms with Gasteiger partial charge in [-0.1, -0.05) is 17.7 Å². The zero-order valence-corrected chi connectivity index (χ0v) is 16.8. The fraction of sp³-hybridized carbons (Fsp3) is 0.300. The van der Waals surface area contributed by atoms with Gasteiger partial charge in [0.05, 0.1) is 11.5 Å². The molecule has 2 aromatic rings. The molecule has 0 radical (unpaired) electrons. The van der Waals surface area contributed by atoms with Gasteiger partial charge in [-0.15, -0.1) is 11.3 Å². The second-order valence-corrected chi connectivity index (χ2v) is 7.75. The number of hydrogen-bond acceptors (Lipinski definition) is 6. The first-order chi connectivity index (χ1) is 13.8. The molecular weight excluding hydrogens is 394 g/mol. The third-order valence-electron chi connectivity index (χ3n) is 4.63. The highest BCUT2D eigenvalue weighted by atomic mass is 32.1. The minimum atomic E-state index is -1.09. The molecule has 1 aliphatic heterocycles. The first-order valence-electron chi connectivity index (χ1n) is 9.02. The number of benzene rings is 1. The Bertz CT molecular complexity index is 953. The highest BCUT2D eigenvalue weighted by Crippen LogP contribution is 2.27. The number of amides is 3. The zero-order valence-electron chi connectivity index (χ0n) is 16.0. The summed E-state index contributed by atoms with van der Waals surface area (Å²) in [5.74, 6) is -2.67. The number of nitrogens with two attached hydrogens (primary N) is 1. The van der Waals surface area contributed by atoms with E-state index in [4.69, 9.17) is 10.5 Å². The van der Waals surface area contributed by atoms with Crippen LogP contribution in [0.3, 0.4) is 0 Å². The molecule has 0 bridgehead atoms. The predicted octanol–water partition coefficient (Wildman–Crippen LogP) is 2.08. The highest BCUT2D eigenvalue weighted by molar-refractivity contribution is 7.14. The van der Waals surface area contributed by atoms with Gasteiger partial charge in [0.2, 0.25) is 5.91 Å². The SMILES string of the molecule is Cc1ccc(N2C[C@@H](C(=O)O[C@@H](C)C(=O)Nc3sccc3C(N)=O)CC2=O)cc1. The molecule has 1 aliphatic rings. The van der Waals surface area contributed by atoms with Gasteiger partial charge in [0.1, 0.15) is 5.00 Å². The molecule has 8 nitrogen and oxygen atoms in total. The monoisotopic (exact) mass is 415 g/mol. The topological polar surface area (TPSA) is 119 Å². The lowest BCUT2D eigenvalue weighted by molar-refractivity contribution is -0.157. The Labute approximate surface area is 171 Å². The Balaban J connectivity index is 1.58. The second-order valence-electron chi connectivity index (χ2n) is 6.84. The summed E-state index contributed by atoms with van der Waals surface area (Å²) in [5.41, 5.74) is 7.23. The van der Waals surface area contributed by atoms with E-state index in [1.54, 1.807) is 10.3 Å². The van der Waals surface area contributed by atoms with Crippen molar-refractivity contribution >= 4 is 45.7 Å². The van der Waals surface area contributed by atoms with Gasteiger partial charge in [-0.3, -0.25) is 19.2 Å². The summed E-state index contributed by atoms with van der Waals surface area (Å²) in [7, 11) is 0. The summed E-state index contributed by atoms with van der Waals surface area (Å²) in [5, 5.41) is 4.46. The van der Waals surface area contributed by atoms with E-state index in [2.05, 4.69) is 5.32 Å². The molecule has 3 amide bonds. The molecule has 1 saturated heterocycles. The maximum Gasteiger partial charge on any atom is 0.312 e. The number of primary amides is 1. The number of aryl methyl sites for hydroxylation is 1. The normalized spacial score (nSPS) is 17.1. The highest BCUT2D eigenvalue weighted by Gasteiger charge is 2.37. The lowest BCUT2D eigenvalue weighted by Gasteiger charge is -2.18. The van der Waals surface area contributed by atoms with Crippen LogP contribution in [0.1, 0.15) is 29.3 Å². The van der Waals surface area contributed by atoms with Crippen LogP contribution >= 0.6 is 11.3 Å². The van der Waals surface area contributed by atoms with E-state index in [1.807, 2.05) is 31.2 Å². The van der Waals surface area contributed by atoms with Crippen LogP contribution in [0.25, 0.3) is 0 Å². The standard InChI is InChI=1S/C20H21N3O5S/c1-11-3-5-14(6-4-11)23-10-13(9-16(23)24)20(27)28-12(2)18(26)22-19-15(17(21)25)7-8-29-19/h3-8,12-13H,9-10H2,1-2H3,(H2,21,25)(H,22,26)/t12-,13-/m0/s1. The third-order valence-corrected chi connectivity index (χ3v) is 5.46. The number of carbonyl (C=O) groups excluding carboxylic acids is 4. The van der Waals surface area contributed by atoms with Gasteiger partial charge in [-0.05, 0) is 37.4 Å². The minimum absolute atomic E-state index is 0.0256. The molecule has 2 atom stereocenters. The van der Waals surface area contributed by atoms with E-state index in [9.17, 15) is 19.2 Å². The van der Waals surface area contributed by atoms with Crippen LogP contribution in [0, 0.1) is 12.8 Å². The van der Waals surface area contributed by atoms with Crippen molar-refractivity contribution < 1.29 is 23.9 Å². The molecule has 1 aromatic carbocycles. The minimum Gasteiger partial charge on any atom is -0.452 e. The predicted molar refractivity (Wildman–Crippen MR) is 109 cm³/mol. The smallest absolute Gasteiger partial charge is 0.312 e. The first kappa shape index (κ1) is 20.5. The molecule has 1 aromatic heterocycles. The summed E-state index contributed by atoms with van der Waals surface area (Å²) >= 11 is 1.14. The van der Waals surface area contributed by atoms with Gasteiger partial charge in [0, 0.05) is 18.7 Å². The molecule has 0 saturated carbocycles. The van der Waals surface area contributed by atoms with Crippen LogP contribution in [0.15, 0.2) is 35.7 Å². The van der Waals surface area contributed by atoms with E-state index < -0.39 is 29.8 Å². The average Bonchev–Trinajstić information content (AvgIpc) is 3.29. The van der Waals surface area contributed by atoms with Gasteiger partial charge >= 0.3 is 5.97 Å². The van der Waals surface area contributed by atoms with Crippen molar-refractivity contribution in [1.82, 2.24) is 0 Å². The van der Waals surface area contributed by atoms with Crippen LogP contribution in [-0.4, -0.2) is 36.3 Å². The Morgan fingerprint density at radius 1 is 1.24 bits per heavy atom. The van der Waals surface area contributed by atoms with Gasteiger partial charge in [0.25, 0.3) is 11.8 Å². The number of nitrogens with zero attached hydrogens (tertiary/aromatic N) is 1. The van der Waals surface area contributed by atoms with E-state index in [0.29, 0.717) is 5.00 Å². The Hall–Kier alpha value is -3.20. The van der Waals surface area contributed by atoms with Crippen LogP contribution in [0.4, 0.5) is 10.7 Å². The van der Waals surface area contributed by atoms with E-state index in [0.717, 1.165) is 22.6 Å². The Kier molecular flexibility index (Phi) is 5.97. The molecule has 29 heavy (non-hydrogen) atoms. The molecule has 0 spiro atoms. The van der Waals surface area contributed by atoms with Gasteiger partial charge in [0.15, 0.2) is 6.10 Å². The number of ether oxygens (including phenoxy) is 1. The summed E-state index contributed by atoms with van der Waals surface area (Å²) < 4.78 is 5.26. The average molecular weight is 415 g/mol. The zero-order chi connectivity index (χ0) is 21.1. The van der Waals surface area contributed by atoms with Crippen molar-refractivity contribution in [2.24, 2.45) is 11.7 Å². The second kappa shape index (κ2) is 8.44. The maximum absolute atomic E-state index is 12.5. The van der Waals surface area contributed by atoms with Crippen molar-refractivity contribution in [3.05, 3.63) is 46.8 Å². The molecular formula is C20H21N3O5S. The molecule has 0 unspecified atom stereocenters. The number of anilines is 2. The molecule has 3 rings (SSSR count). The summed E-state index contributed by atoms with van der Waals surface area (Å²) in [4.78, 5) is 50.0. The fourth-order valence-electron chi connectivity index (χ4n) is 2.98. The number of thiophene rings is 1. The number of hydrogen-bond donors (Lipinski definition) is 2. The summed E-state index contributed by atoms with van der Waals surface area (Å²) in [6.45, 7) is 3.58. The first-order valence-corrected chi connectivity index (χ1v) is 9.90. The summed E-state index contributed by atoms with van der Waals surface area (Å²) in [6.07, 6.45) is -1.06. The van der Waals surface area contributed by atoms with Gasteiger partial charge < -0.3 is 20.7 Å². The molecule has 3 N–H and O–H groups in total. The lowest BCUT2D eigenvalue weighted by Crippen LogP contribution is -2.33. The molecule has 0 aliphatic carbocycles. The Morgan fingerprint density at radius 2 is 1.93 bits per heavy atom. The third kappa shape index (κ3) is 4.62. The molecule has 152 valence electrons. The van der Waals surface area contributed by atoms with Gasteiger partial charge in [-0.2, -0.15) is 0 Å². The van der Waals surface area contributed by atoms with Crippen molar-refractivity contribution in [3.63, 3.8) is 0 Å². The van der Waals surface area contributed by atoms with Crippen LogP contribution < -0.4 is 16.0 Å². The molecule has 2 heterocycles. The van der Waals surface area contributed by atoms with Crippen LogP contribution in [-0.2, 0) is 19.1 Å². The fourth-order valence-corrected chi connectivity index (χ4v) is 3.77. The summed E-state index contributed by atoms with van der Waals surface area (Å²) in [6, 6.07) is 8.95. The number of esters is 1. The van der Waals surface area contributed by atoms with Crippen LogP contribution in [0.2, 0.25) is 0 Å². The molecule has 9 heteroatoms. The Morgan fingerprint density at radius 3 is 2.59 bits per heavy atom. The van der Waals surface area contributed by atoms with E-state index >= 15 is 0 Å². The van der Waals surface area contributed by atoms with Crippen molar-refractivity contribution in [1.29, 1.82) is 0 Å². The largest absolute Gasteiger partial charge is 0.452 e. The van der Waals surface area contributed by atoms with E-state index in [1.165, 1.54) is 13.0 Å². The van der Waals surface area contributed by atoms with E-state index in [-0.39, 0.29) is 24.4 Å².